The zero-order chi connectivity index (χ0) is 5.98. The molecule has 48 valence electrons. The monoisotopic (exact) mass is 131 g/mol. The molecule has 1 rings (SSSR count). The van der Waals surface area contributed by atoms with Crippen LogP contribution < -0.4 is 5.73 Å². The maximum absolute atomic E-state index is 5.68. The molecule has 2 atom stereocenters. The van der Waals surface area contributed by atoms with E-state index in [1.54, 1.807) is 0 Å². The van der Waals surface area contributed by atoms with E-state index in [-0.39, 0.29) is 0 Å². The Balaban J connectivity index is 2.24. The van der Waals surface area contributed by atoms with Gasteiger partial charge < -0.3 is 5.73 Å². The molecule has 0 bridgehead atoms. The van der Waals surface area contributed by atoms with Gasteiger partial charge in [0.15, 0.2) is 0 Å². The quantitative estimate of drug-likeness (QED) is 0.579. The van der Waals surface area contributed by atoms with Gasteiger partial charge in [-0.05, 0) is 25.5 Å². The summed E-state index contributed by atoms with van der Waals surface area (Å²) in [5.74, 6) is 1.33. The van der Waals surface area contributed by atoms with Crippen LogP contribution in [0.2, 0.25) is 0 Å². The number of rotatable bonds is 1. The van der Waals surface area contributed by atoms with Crippen LogP contribution in [-0.2, 0) is 0 Å². The van der Waals surface area contributed by atoms with Crippen LogP contribution in [0.3, 0.4) is 0 Å². The number of hydrogen-bond donors (Lipinski definition) is 1. The van der Waals surface area contributed by atoms with Crippen molar-refractivity contribution in [2.24, 2.45) is 5.73 Å². The van der Waals surface area contributed by atoms with E-state index in [9.17, 15) is 0 Å². The molecule has 1 fully saturated rings. The summed E-state index contributed by atoms with van der Waals surface area (Å²) in [5.41, 5.74) is 5.68. The third-order valence-corrected chi connectivity index (χ3v) is 3.17. The zero-order valence-corrected chi connectivity index (χ0v) is 6.08. The lowest BCUT2D eigenvalue weighted by Gasteiger charge is -2.10. The first-order valence-electron chi connectivity index (χ1n) is 3.18. The molecule has 2 N–H and O–H groups in total. The topological polar surface area (TPSA) is 26.0 Å². The van der Waals surface area contributed by atoms with Crippen molar-refractivity contribution in [3.63, 3.8) is 0 Å². The zero-order valence-electron chi connectivity index (χ0n) is 5.26. The summed E-state index contributed by atoms with van der Waals surface area (Å²) < 4.78 is 0. The standard InChI is InChI=1S/C6H13NS/c1-5(7)6-3-2-4-8-6/h5-6H,2-4,7H2,1H3. The van der Waals surface area contributed by atoms with Gasteiger partial charge in [0.05, 0.1) is 0 Å². The average Bonchev–Trinajstić information content (AvgIpc) is 2.12. The van der Waals surface area contributed by atoms with Crippen molar-refractivity contribution in [3.8, 4) is 0 Å². The third-order valence-electron chi connectivity index (χ3n) is 1.55. The molecule has 0 radical (unpaired) electrons. The Kier molecular flexibility index (Phi) is 2.20. The van der Waals surface area contributed by atoms with E-state index < -0.39 is 0 Å². The molecule has 1 nitrogen and oxygen atoms in total. The molecule has 1 aliphatic heterocycles. The highest BCUT2D eigenvalue weighted by Crippen LogP contribution is 2.27. The van der Waals surface area contributed by atoms with E-state index in [0.29, 0.717) is 6.04 Å². The first-order chi connectivity index (χ1) is 3.80. The predicted octanol–water partition coefficient (Wildman–Crippen LogP) is 1.23. The Morgan fingerprint density at radius 3 is 2.75 bits per heavy atom. The summed E-state index contributed by atoms with van der Waals surface area (Å²) >= 11 is 2.03. The first kappa shape index (κ1) is 6.43. The van der Waals surface area contributed by atoms with Gasteiger partial charge in [0.1, 0.15) is 0 Å². The van der Waals surface area contributed by atoms with Gasteiger partial charge in [0.25, 0.3) is 0 Å². The van der Waals surface area contributed by atoms with E-state index >= 15 is 0 Å². The van der Waals surface area contributed by atoms with Crippen LogP contribution in [0.5, 0.6) is 0 Å². The van der Waals surface area contributed by atoms with E-state index in [0.717, 1.165) is 5.25 Å². The van der Waals surface area contributed by atoms with Gasteiger partial charge in [-0.1, -0.05) is 0 Å². The van der Waals surface area contributed by atoms with Crippen molar-refractivity contribution < 1.29 is 0 Å². The molecular weight excluding hydrogens is 118 g/mol. The highest BCUT2D eigenvalue weighted by Gasteiger charge is 2.18. The van der Waals surface area contributed by atoms with Crippen LogP contribution in [0.1, 0.15) is 19.8 Å². The maximum Gasteiger partial charge on any atom is 0.0196 e. The fraction of sp³-hybridized carbons (Fsp3) is 1.00. The number of thioether (sulfide) groups is 1. The highest BCUT2D eigenvalue weighted by molar-refractivity contribution is 8.00. The van der Waals surface area contributed by atoms with Crippen molar-refractivity contribution in [1.29, 1.82) is 0 Å². The lowest BCUT2D eigenvalue weighted by Crippen LogP contribution is -2.26. The van der Waals surface area contributed by atoms with Crippen LogP contribution in [0.4, 0.5) is 0 Å². The molecule has 0 aliphatic carbocycles. The van der Waals surface area contributed by atoms with E-state index in [2.05, 4.69) is 6.92 Å². The molecular formula is C6H13NS. The second kappa shape index (κ2) is 2.74. The van der Waals surface area contributed by atoms with Gasteiger partial charge in [-0.15, -0.1) is 0 Å². The van der Waals surface area contributed by atoms with E-state index in [1.165, 1.54) is 18.6 Å². The molecule has 0 saturated carbocycles. The molecule has 0 aromatic carbocycles. The second-order valence-corrected chi connectivity index (χ2v) is 3.76. The molecule has 0 amide bonds. The normalized spacial score (nSPS) is 33.0. The largest absolute Gasteiger partial charge is 0.327 e. The highest BCUT2D eigenvalue weighted by atomic mass is 32.2. The Hall–Kier alpha value is 0.310. The number of nitrogens with two attached hydrogens (primary N) is 1. The van der Waals surface area contributed by atoms with Crippen LogP contribution in [0, 0.1) is 0 Å². The SMILES string of the molecule is CC(N)C1CCCS1. The van der Waals surface area contributed by atoms with E-state index in [4.69, 9.17) is 5.73 Å². The Morgan fingerprint density at radius 1 is 1.75 bits per heavy atom. The summed E-state index contributed by atoms with van der Waals surface area (Å²) in [7, 11) is 0. The Bertz CT molecular complexity index is 66.9. The van der Waals surface area contributed by atoms with Gasteiger partial charge in [-0.2, -0.15) is 11.8 Å². The first-order valence-corrected chi connectivity index (χ1v) is 4.23. The van der Waals surface area contributed by atoms with Gasteiger partial charge in [-0.25, -0.2) is 0 Å². The molecule has 2 unspecified atom stereocenters. The van der Waals surface area contributed by atoms with Gasteiger partial charge in [0.2, 0.25) is 0 Å². The molecule has 1 aliphatic rings. The fourth-order valence-corrected chi connectivity index (χ4v) is 2.29. The van der Waals surface area contributed by atoms with Crippen molar-refractivity contribution in [3.05, 3.63) is 0 Å². The van der Waals surface area contributed by atoms with Crippen LogP contribution in [0.25, 0.3) is 0 Å². The smallest absolute Gasteiger partial charge is 0.0196 e. The van der Waals surface area contributed by atoms with Crippen molar-refractivity contribution in [2.45, 2.75) is 31.1 Å². The summed E-state index contributed by atoms with van der Waals surface area (Å²) in [5, 5.41) is 0.759. The summed E-state index contributed by atoms with van der Waals surface area (Å²) in [4.78, 5) is 0. The molecule has 0 spiro atoms. The average molecular weight is 131 g/mol. The molecule has 2 heteroatoms. The Morgan fingerprint density at radius 2 is 2.50 bits per heavy atom. The second-order valence-electron chi connectivity index (χ2n) is 2.41. The minimum atomic E-state index is 0.405. The van der Waals surface area contributed by atoms with Crippen LogP contribution in [-0.4, -0.2) is 17.0 Å². The molecule has 0 aromatic heterocycles. The number of hydrogen-bond acceptors (Lipinski definition) is 2. The van der Waals surface area contributed by atoms with Crippen molar-refractivity contribution in [2.75, 3.05) is 5.75 Å². The minimum absolute atomic E-state index is 0.405. The summed E-state index contributed by atoms with van der Waals surface area (Å²) in [6.07, 6.45) is 2.71. The lowest BCUT2D eigenvalue weighted by atomic mass is 10.2. The lowest BCUT2D eigenvalue weighted by molar-refractivity contribution is 0.658. The minimum Gasteiger partial charge on any atom is -0.327 e. The molecule has 8 heavy (non-hydrogen) atoms. The van der Waals surface area contributed by atoms with Gasteiger partial charge in [0, 0.05) is 11.3 Å². The molecule has 1 heterocycles. The molecule has 1 saturated heterocycles. The predicted molar refractivity (Wildman–Crippen MR) is 39.1 cm³/mol. The molecule has 0 aromatic rings. The van der Waals surface area contributed by atoms with Gasteiger partial charge >= 0.3 is 0 Å². The summed E-state index contributed by atoms with van der Waals surface area (Å²) in [6.45, 7) is 2.10. The summed E-state index contributed by atoms with van der Waals surface area (Å²) in [6, 6.07) is 0.405. The van der Waals surface area contributed by atoms with Crippen molar-refractivity contribution >= 4 is 11.8 Å². The van der Waals surface area contributed by atoms with Crippen LogP contribution in [0.15, 0.2) is 0 Å². The van der Waals surface area contributed by atoms with Crippen molar-refractivity contribution in [1.82, 2.24) is 0 Å². The maximum atomic E-state index is 5.68. The fourth-order valence-electron chi connectivity index (χ4n) is 1.02. The third kappa shape index (κ3) is 1.39. The van der Waals surface area contributed by atoms with Crippen LogP contribution >= 0.6 is 11.8 Å². The van der Waals surface area contributed by atoms with Gasteiger partial charge in [-0.3, -0.25) is 0 Å². The van der Waals surface area contributed by atoms with E-state index in [1.807, 2.05) is 11.8 Å². The Labute approximate surface area is 55.0 Å².